The van der Waals surface area contributed by atoms with E-state index < -0.39 is 15.1 Å². The summed E-state index contributed by atoms with van der Waals surface area (Å²) in [5, 5.41) is 3.44. The summed E-state index contributed by atoms with van der Waals surface area (Å²) in [6.07, 6.45) is 2.58. The first-order chi connectivity index (χ1) is 9.99. The summed E-state index contributed by atoms with van der Waals surface area (Å²) >= 11 is 0. The second kappa shape index (κ2) is 5.30. The average molecular weight is 305 g/mol. The molecule has 0 spiro atoms. The van der Waals surface area contributed by atoms with Gasteiger partial charge in [-0.2, -0.15) is 0 Å². The highest BCUT2D eigenvalue weighted by Gasteiger charge is 2.32. The van der Waals surface area contributed by atoms with Gasteiger partial charge >= 0.3 is 0 Å². The number of rotatable bonds is 3. The molecule has 4 nitrogen and oxygen atoms in total. The predicted octanol–water partition coefficient (Wildman–Crippen LogP) is 3.28. The molecule has 3 rings (SSSR count). The number of hydrogen-bond acceptors (Lipinski definition) is 4. The van der Waals surface area contributed by atoms with Crippen LogP contribution in [0.15, 0.2) is 28.8 Å². The van der Waals surface area contributed by atoms with Crippen LogP contribution in [-0.4, -0.2) is 13.6 Å². The molecule has 0 radical (unpaired) electrons. The van der Waals surface area contributed by atoms with Crippen molar-refractivity contribution in [3.63, 3.8) is 0 Å². The Kier molecular flexibility index (Phi) is 3.61. The first kappa shape index (κ1) is 14.3. The molecule has 0 aliphatic heterocycles. The van der Waals surface area contributed by atoms with Gasteiger partial charge in [0.05, 0.1) is 16.7 Å². The number of nitrogens with zero attached hydrogens (tertiary/aromatic N) is 1. The lowest BCUT2D eigenvalue weighted by molar-refractivity contribution is 0.392. The van der Waals surface area contributed by atoms with Gasteiger partial charge in [-0.15, -0.1) is 0 Å². The van der Waals surface area contributed by atoms with Crippen molar-refractivity contribution in [3.8, 4) is 0 Å². The molecule has 1 heterocycles. The van der Waals surface area contributed by atoms with Crippen LogP contribution in [0.5, 0.6) is 0 Å². The van der Waals surface area contributed by atoms with E-state index >= 15 is 0 Å². The van der Waals surface area contributed by atoms with E-state index in [1.54, 1.807) is 13.8 Å². The van der Waals surface area contributed by atoms with Gasteiger partial charge in [-0.05, 0) is 44.2 Å². The summed E-state index contributed by atoms with van der Waals surface area (Å²) in [6, 6.07) is 7.88. The molecule has 0 N–H and O–H groups in total. The maximum atomic E-state index is 12.9. The SMILES string of the molecule is Cc1noc(C)c1CS(=O)(=O)[C@@H]1CCCc2ccccc21. The van der Waals surface area contributed by atoms with Gasteiger partial charge in [-0.3, -0.25) is 0 Å². The van der Waals surface area contributed by atoms with Crippen molar-refractivity contribution in [1.29, 1.82) is 0 Å². The van der Waals surface area contributed by atoms with Gasteiger partial charge in [-0.1, -0.05) is 29.4 Å². The zero-order valence-electron chi connectivity index (χ0n) is 12.3. The van der Waals surface area contributed by atoms with Gasteiger partial charge in [0.25, 0.3) is 0 Å². The zero-order chi connectivity index (χ0) is 15.0. The molecule has 0 saturated carbocycles. The fourth-order valence-electron chi connectivity index (χ4n) is 3.09. The van der Waals surface area contributed by atoms with Crippen LogP contribution in [0.1, 0.15) is 46.2 Å². The first-order valence-corrected chi connectivity index (χ1v) is 8.91. The van der Waals surface area contributed by atoms with Crippen molar-refractivity contribution in [2.45, 2.75) is 44.1 Å². The molecule has 1 atom stereocenters. The summed E-state index contributed by atoms with van der Waals surface area (Å²) in [7, 11) is -3.26. The lowest BCUT2D eigenvalue weighted by Crippen LogP contribution is -2.20. The number of fused-ring (bicyclic) bond motifs is 1. The number of sulfone groups is 1. The van der Waals surface area contributed by atoms with Gasteiger partial charge in [0.1, 0.15) is 5.76 Å². The average Bonchev–Trinajstić information content (AvgIpc) is 2.78. The van der Waals surface area contributed by atoms with E-state index in [0.717, 1.165) is 24.0 Å². The third-order valence-corrected chi connectivity index (χ3v) is 6.32. The third kappa shape index (κ3) is 2.62. The van der Waals surface area contributed by atoms with Crippen LogP contribution >= 0.6 is 0 Å². The number of aromatic nitrogens is 1. The molecule has 5 heteroatoms. The molecule has 112 valence electrons. The summed E-state index contributed by atoms with van der Waals surface area (Å²) in [5.74, 6) is 0.604. The van der Waals surface area contributed by atoms with E-state index in [-0.39, 0.29) is 5.75 Å². The molecule has 1 aromatic heterocycles. The second-order valence-electron chi connectivity index (χ2n) is 5.69. The van der Waals surface area contributed by atoms with Crippen molar-refractivity contribution in [2.24, 2.45) is 0 Å². The molecule has 0 fully saturated rings. The van der Waals surface area contributed by atoms with Crippen LogP contribution < -0.4 is 0 Å². The third-order valence-electron chi connectivity index (χ3n) is 4.27. The minimum atomic E-state index is -3.26. The van der Waals surface area contributed by atoms with Gasteiger partial charge in [-0.25, -0.2) is 8.42 Å². The van der Waals surface area contributed by atoms with Crippen molar-refractivity contribution >= 4 is 9.84 Å². The minimum Gasteiger partial charge on any atom is -0.361 e. The van der Waals surface area contributed by atoms with Crippen LogP contribution in [0.25, 0.3) is 0 Å². The Morgan fingerprint density at radius 3 is 2.76 bits per heavy atom. The summed E-state index contributed by atoms with van der Waals surface area (Å²) in [5.41, 5.74) is 3.50. The molecular weight excluding hydrogens is 286 g/mol. The standard InChI is InChI=1S/C16H19NO3S/c1-11-15(12(2)20-17-11)10-21(18,19)16-9-5-7-13-6-3-4-8-14(13)16/h3-4,6,8,16H,5,7,9-10H2,1-2H3/t16-/m1/s1. The smallest absolute Gasteiger partial charge is 0.161 e. The Bertz CT molecular complexity index is 742. The molecule has 0 saturated heterocycles. The molecule has 1 aromatic carbocycles. The Hall–Kier alpha value is -1.62. The number of benzene rings is 1. The minimum absolute atomic E-state index is 0.00711. The van der Waals surface area contributed by atoms with E-state index in [1.807, 2.05) is 24.3 Å². The quantitative estimate of drug-likeness (QED) is 0.873. The summed E-state index contributed by atoms with van der Waals surface area (Å²) < 4.78 is 30.8. The van der Waals surface area contributed by atoms with E-state index in [0.29, 0.717) is 23.4 Å². The lowest BCUT2D eigenvalue weighted by Gasteiger charge is -2.25. The molecule has 0 amide bonds. The molecule has 21 heavy (non-hydrogen) atoms. The zero-order valence-corrected chi connectivity index (χ0v) is 13.1. The van der Waals surface area contributed by atoms with E-state index in [2.05, 4.69) is 5.16 Å². The monoisotopic (exact) mass is 305 g/mol. The Morgan fingerprint density at radius 1 is 1.29 bits per heavy atom. The topological polar surface area (TPSA) is 60.2 Å². The van der Waals surface area contributed by atoms with Crippen LogP contribution in [0, 0.1) is 13.8 Å². The summed E-state index contributed by atoms with van der Waals surface area (Å²) in [6.45, 7) is 3.55. The van der Waals surface area contributed by atoms with Gasteiger partial charge in [0.2, 0.25) is 0 Å². The molecule has 1 aliphatic carbocycles. The number of hydrogen-bond donors (Lipinski definition) is 0. The second-order valence-corrected chi connectivity index (χ2v) is 7.87. The highest BCUT2D eigenvalue weighted by atomic mass is 32.2. The summed E-state index contributed by atoms with van der Waals surface area (Å²) in [4.78, 5) is 0. The fourth-order valence-corrected chi connectivity index (χ4v) is 5.25. The molecule has 1 aliphatic rings. The Morgan fingerprint density at radius 2 is 2.05 bits per heavy atom. The van der Waals surface area contributed by atoms with Crippen LogP contribution in [-0.2, 0) is 22.0 Å². The van der Waals surface area contributed by atoms with Crippen molar-refractivity contribution in [3.05, 3.63) is 52.4 Å². The predicted molar refractivity (Wildman–Crippen MR) is 80.7 cm³/mol. The molecule has 0 bridgehead atoms. The van der Waals surface area contributed by atoms with Crippen molar-refractivity contribution in [1.82, 2.24) is 5.16 Å². The Labute approximate surface area is 125 Å². The van der Waals surface area contributed by atoms with E-state index in [4.69, 9.17) is 4.52 Å². The molecular formula is C16H19NO3S. The number of aryl methyl sites for hydroxylation is 3. The van der Waals surface area contributed by atoms with Crippen molar-refractivity contribution in [2.75, 3.05) is 0 Å². The van der Waals surface area contributed by atoms with Crippen LogP contribution in [0.4, 0.5) is 0 Å². The van der Waals surface area contributed by atoms with Crippen molar-refractivity contribution < 1.29 is 12.9 Å². The lowest BCUT2D eigenvalue weighted by atomic mass is 9.91. The maximum absolute atomic E-state index is 12.9. The fraction of sp³-hybridized carbons (Fsp3) is 0.438. The maximum Gasteiger partial charge on any atom is 0.161 e. The van der Waals surface area contributed by atoms with E-state index in [1.165, 1.54) is 0 Å². The van der Waals surface area contributed by atoms with Gasteiger partial charge < -0.3 is 4.52 Å². The first-order valence-electron chi connectivity index (χ1n) is 7.20. The normalized spacial score (nSPS) is 18.5. The molecule has 0 unspecified atom stereocenters. The molecule has 2 aromatic rings. The largest absolute Gasteiger partial charge is 0.361 e. The Balaban J connectivity index is 1.97. The van der Waals surface area contributed by atoms with Crippen LogP contribution in [0.3, 0.4) is 0 Å². The van der Waals surface area contributed by atoms with Gasteiger partial charge in [0, 0.05) is 5.56 Å². The van der Waals surface area contributed by atoms with E-state index in [9.17, 15) is 8.42 Å². The highest BCUT2D eigenvalue weighted by Crippen LogP contribution is 2.37. The highest BCUT2D eigenvalue weighted by molar-refractivity contribution is 7.90. The van der Waals surface area contributed by atoms with Gasteiger partial charge in [0.15, 0.2) is 9.84 Å². The van der Waals surface area contributed by atoms with Crippen LogP contribution in [0.2, 0.25) is 0 Å².